The van der Waals surface area contributed by atoms with Gasteiger partial charge in [0.25, 0.3) is 0 Å². The molecule has 176 valence electrons. The number of hydrogen-bond donors (Lipinski definition) is 1. The van der Waals surface area contributed by atoms with Crippen LogP contribution >= 0.6 is 11.8 Å². The third-order valence-corrected chi connectivity index (χ3v) is 6.48. The summed E-state index contributed by atoms with van der Waals surface area (Å²) in [7, 11) is 1.66. The van der Waals surface area contributed by atoms with Gasteiger partial charge in [0.1, 0.15) is 18.1 Å². The molecule has 0 saturated heterocycles. The molecule has 4 rings (SSSR count). The van der Waals surface area contributed by atoms with Gasteiger partial charge in [-0.1, -0.05) is 66.4 Å². The maximum absolute atomic E-state index is 10.5. The zero-order valence-electron chi connectivity index (χ0n) is 19.4. The van der Waals surface area contributed by atoms with E-state index in [0.717, 1.165) is 40.0 Å². The normalized spacial score (nSPS) is 11.9. The van der Waals surface area contributed by atoms with Crippen LogP contribution in [0.2, 0.25) is 0 Å². The fourth-order valence-corrected chi connectivity index (χ4v) is 4.50. The molecule has 0 aliphatic carbocycles. The highest BCUT2D eigenvalue weighted by Crippen LogP contribution is 2.31. The predicted octanol–water partition coefficient (Wildman–Crippen LogP) is 5.04. The molecule has 0 amide bonds. The van der Waals surface area contributed by atoms with Crippen molar-refractivity contribution >= 4 is 11.8 Å². The van der Waals surface area contributed by atoms with Crippen LogP contribution in [-0.4, -0.2) is 45.4 Å². The van der Waals surface area contributed by atoms with Gasteiger partial charge in [-0.3, -0.25) is 0 Å². The number of para-hydroxylation sites is 1. The molecule has 6 nitrogen and oxygen atoms in total. The second kappa shape index (κ2) is 11.7. The monoisotopic (exact) mass is 475 g/mol. The number of thioether (sulfide) groups is 1. The average molecular weight is 476 g/mol. The first-order valence-electron chi connectivity index (χ1n) is 11.2. The summed E-state index contributed by atoms with van der Waals surface area (Å²) < 4.78 is 13.4. The number of aliphatic hydroxyl groups is 1. The fraction of sp³-hybridized carbons (Fsp3) is 0.259. The molecule has 0 aliphatic heterocycles. The fourth-order valence-electron chi connectivity index (χ4n) is 3.63. The van der Waals surface area contributed by atoms with E-state index in [0.29, 0.717) is 12.3 Å². The van der Waals surface area contributed by atoms with Crippen molar-refractivity contribution in [1.82, 2.24) is 14.8 Å². The Kier molecular flexibility index (Phi) is 8.22. The minimum atomic E-state index is -0.639. The first-order chi connectivity index (χ1) is 16.6. The molecular formula is C27H29N3O3S. The van der Waals surface area contributed by atoms with Gasteiger partial charge in [-0.05, 0) is 48.7 Å². The number of aliphatic hydroxyl groups excluding tert-OH is 1. The van der Waals surface area contributed by atoms with Gasteiger partial charge in [0.05, 0.1) is 18.8 Å². The second-order valence-electron chi connectivity index (χ2n) is 7.99. The highest BCUT2D eigenvalue weighted by atomic mass is 32.2. The minimum absolute atomic E-state index is 0.216. The van der Waals surface area contributed by atoms with E-state index < -0.39 is 6.10 Å². The Morgan fingerprint density at radius 1 is 0.971 bits per heavy atom. The quantitative estimate of drug-likeness (QED) is 0.307. The number of nitrogens with zero attached hydrogens (tertiary/aromatic N) is 3. The molecule has 34 heavy (non-hydrogen) atoms. The van der Waals surface area contributed by atoms with E-state index in [-0.39, 0.29) is 6.61 Å². The van der Waals surface area contributed by atoms with Gasteiger partial charge in [-0.25, -0.2) is 0 Å². The number of rotatable bonds is 11. The molecular weight excluding hydrogens is 446 g/mol. The zero-order chi connectivity index (χ0) is 23.8. The van der Waals surface area contributed by atoms with Gasteiger partial charge in [0.2, 0.25) is 0 Å². The van der Waals surface area contributed by atoms with E-state index in [2.05, 4.69) is 26.9 Å². The van der Waals surface area contributed by atoms with Gasteiger partial charge >= 0.3 is 0 Å². The summed E-state index contributed by atoms with van der Waals surface area (Å²) in [6, 6.07) is 26.0. The van der Waals surface area contributed by atoms with Crippen molar-refractivity contribution in [2.24, 2.45) is 0 Å². The highest BCUT2D eigenvalue weighted by Gasteiger charge is 2.18. The first-order valence-corrected chi connectivity index (χ1v) is 12.2. The molecule has 1 aromatic heterocycles. The van der Waals surface area contributed by atoms with Crippen LogP contribution in [0.1, 0.15) is 11.1 Å². The lowest BCUT2D eigenvalue weighted by Crippen LogP contribution is -2.20. The first kappa shape index (κ1) is 23.9. The summed E-state index contributed by atoms with van der Waals surface area (Å²) in [6.45, 7) is 2.94. The number of aryl methyl sites for hydroxylation is 2. The number of methoxy groups -OCH3 is 1. The van der Waals surface area contributed by atoms with Gasteiger partial charge in [-0.2, -0.15) is 0 Å². The van der Waals surface area contributed by atoms with Crippen LogP contribution in [-0.2, 0) is 13.0 Å². The SMILES string of the molecule is COc1ccccc1-c1nnc(SC[C@H](O)COc2cccc(C)c2)n1CCc1ccccc1. The molecule has 7 heteroatoms. The number of benzene rings is 3. The van der Waals surface area contributed by atoms with Gasteiger partial charge in [0, 0.05) is 12.3 Å². The lowest BCUT2D eigenvalue weighted by molar-refractivity contribution is 0.126. The molecule has 0 fully saturated rings. The standard InChI is InChI=1S/C27H29N3O3S/c1-20-9-8-12-23(17-20)33-18-22(31)19-34-27-29-28-26(24-13-6-7-14-25(24)32-2)30(27)16-15-21-10-4-3-5-11-21/h3-14,17,22,31H,15-16,18-19H2,1-2H3/t22-/m1/s1. The van der Waals surface area contributed by atoms with E-state index >= 15 is 0 Å². The molecule has 1 heterocycles. The van der Waals surface area contributed by atoms with E-state index in [1.165, 1.54) is 17.3 Å². The maximum Gasteiger partial charge on any atom is 0.191 e. The van der Waals surface area contributed by atoms with E-state index in [4.69, 9.17) is 9.47 Å². The highest BCUT2D eigenvalue weighted by molar-refractivity contribution is 7.99. The van der Waals surface area contributed by atoms with Crippen LogP contribution in [0.25, 0.3) is 11.4 Å². The third-order valence-electron chi connectivity index (χ3n) is 5.37. The van der Waals surface area contributed by atoms with Crippen molar-refractivity contribution in [3.05, 3.63) is 90.0 Å². The molecule has 0 radical (unpaired) electrons. The van der Waals surface area contributed by atoms with Crippen LogP contribution in [0.15, 0.2) is 84.0 Å². The second-order valence-corrected chi connectivity index (χ2v) is 8.97. The summed E-state index contributed by atoms with van der Waals surface area (Å²) >= 11 is 1.48. The van der Waals surface area contributed by atoms with Crippen molar-refractivity contribution in [3.63, 3.8) is 0 Å². The van der Waals surface area contributed by atoms with Gasteiger partial charge < -0.3 is 19.1 Å². The zero-order valence-corrected chi connectivity index (χ0v) is 20.2. The number of aromatic nitrogens is 3. The van der Waals surface area contributed by atoms with E-state index in [9.17, 15) is 5.11 Å². The van der Waals surface area contributed by atoms with E-state index in [1.54, 1.807) is 7.11 Å². The predicted molar refractivity (Wildman–Crippen MR) is 136 cm³/mol. The Hall–Kier alpha value is -3.29. The third kappa shape index (κ3) is 6.18. The van der Waals surface area contributed by atoms with E-state index in [1.807, 2.05) is 73.7 Å². The average Bonchev–Trinajstić information content (AvgIpc) is 3.28. The molecule has 4 aromatic rings. The summed E-state index contributed by atoms with van der Waals surface area (Å²) in [6.07, 6.45) is 0.202. The van der Waals surface area contributed by atoms with Crippen molar-refractivity contribution in [2.75, 3.05) is 19.5 Å². The Bertz CT molecular complexity index is 1200. The Labute approximate surface area is 204 Å². The smallest absolute Gasteiger partial charge is 0.191 e. The van der Waals surface area contributed by atoms with Gasteiger partial charge in [0.15, 0.2) is 11.0 Å². The van der Waals surface area contributed by atoms with Crippen molar-refractivity contribution < 1.29 is 14.6 Å². The molecule has 3 aromatic carbocycles. The molecule has 0 unspecified atom stereocenters. The summed E-state index contributed by atoms with van der Waals surface area (Å²) in [5.74, 6) is 2.70. The molecule has 0 aliphatic rings. The lowest BCUT2D eigenvalue weighted by atomic mass is 10.1. The molecule has 1 atom stereocenters. The summed E-state index contributed by atoms with van der Waals surface area (Å²) in [5.41, 5.74) is 3.25. The molecule has 1 N–H and O–H groups in total. The van der Waals surface area contributed by atoms with Crippen molar-refractivity contribution in [3.8, 4) is 22.9 Å². The number of hydrogen-bond acceptors (Lipinski definition) is 6. The topological polar surface area (TPSA) is 69.4 Å². The largest absolute Gasteiger partial charge is 0.496 e. The maximum atomic E-state index is 10.5. The number of ether oxygens (including phenoxy) is 2. The molecule has 0 spiro atoms. The van der Waals surface area contributed by atoms with Crippen molar-refractivity contribution in [2.45, 2.75) is 31.1 Å². The Morgan fingerprint density at radius 2 is 1.76 bits per heavy atom. The molecule has 0 saturated carbocycles. The van der Waals surface area contributed by atoms with Crippen molar-refractivity contribution in [1.29, 1.82) is 0 Å². The molecule has 0 bridgehead atoms. The Morgan fingerprint density at radius 3 is 2.56 bits per heavy atom. The van der Waals surface area contributed by atoms with Crippen LogP contribution in [0.4, 0.5) is 0 Å². The summed E-state index contributed by atoms with van der Waals surface area (Å²) in [4.78, 5) is 0. The van der Waals surface area contributed by atoms with Crippen LogP contribution in [0.5, 0.6) is 11.5 Å². The summed E-state index contributed by atoms with van der Waals surface area (Å²) in [5, 5.41) is 20.2. The van der Waals surface area contributed by atoms with Crippen LogP contribution in [0.3, 0.4) is 0 Å². The minimum Gasteiger partial charge on any atom is -0.496 e. The van der Waals surface area contributed by atoms with Crippen LogP contribution in [0, 0.1) is 6.92 Å². The Balaban J connectivity index is 1.48. The van der Waals surface area contributed by atoms with Crippen LogP contribution < -0.4 is 9.47 Å². The lowest BCUT2D eigenvalue weighted by Gasteiger charge is -2.14. The van der Waals surface area contributed by atoms with Gasteiger partial charge in [-0.15, -0.1) is 10.2 Å².